The first kappa shape index (κ1) is 31.9. The quantitative estimate of drug-likeness (QED) is 0.202. The van der Waals surface area contributed by atoms with Crippen molar-refractivity contribution in [1.82, 2.24) is 9.80 Å². The Morgan fingerprint density at radius 1 is 0.930 bits per heavy atom. The topological polar surface area (TPSA) is 93.5 Å². The number of para-hydroxylation sites is 1. The Morgan fingerprint density at radius 3 is 2.30 bits per heavy atom. The van der Waals surface area contributed by atoms with Crippen molar-refractivity contribution in [1.29, 1.82) is 0 Å². The third-order valence-corrected chi connectivity index (χ3v) is 7.44. The number of benzene rings is 2. The van der Waals surface area contributed by atoms with Crippen LogP contribution in [0.2, 0.25) is 0 Å². The molecule has 0 atom stereocenters. The highest BCUT2D eigenvalue weighted by Gasteiger charge is 2.25. The molecule has 1 aromatic heterocycles. The summed E-state index contributed by atoms with van der Waals surface area (Å²) in [5, 5.41) is 3.18. The van der Waals surface area contributed by atoms with Gasteiger partial charge in [0, 0.05) is 32.0 Å². The fourth-order valence-corrected chi connectivity index (χ4v) is 5.15. The van der Waals surface area contributed by atoms with Crippen molar-refractivity contribution in [2.75, 3.05) is 38.4 Å². The molecule has 3 amide bonds. The monoisotopic (exact) mass is 591 g/mol. The van der Waals surface area contributed by atoms with Gasteiger partial charge in [-0.25, -0.2) is 4.79 Å². The molecule has 0 unspecified atom stereocenters. The van der Waals surface area contributed by atoms with Crippen molar-refractivity contribution in [3.05, 3.63) is 76.7 Å². The molecule has 0 aliphatic carbocycles. The maximum Gasteiger partial charge on any atom is 0.322 e. The maximum atomic E-state index is 14.0. The lowest BCUT2D eigenvalue weighted by molar-refractivity contribution is -0.133. The second-order valence-corrected chi connectivity index (χ2v) is 11.5. The number of rotatable bonds is 14. The SMILES string of the molecule is CCOCCCN(CC(=O)N(Cc1ccc2c(c1)OCO2)Cc1ccc(C)o1)C(=O)Nc1c(C(C)C)cccc1C(C)C. The standard InChI is InChI=1S/C34H45N3O6/c1-7-40-17-9-16-36(34(39)35-33-28(23(2)3)10-8-11-29(33)24(4)5)21-32(38)37(20-27-14-12-25(6)43-27)19-26-13-15-30-31(18-26)42-22-41-30/h8,10-15,18,23-24H,7,9,16-17,19-22H2,1-6H3,(H,35,39). The van der Waals surface area contributed by atoms with E-state index in [1.807, 2.05) is 50.2 Å². The Morgan fingerprint density at radius 2 is 1.65 bits per heavy atom. The van der Waals surface area contributed by atoms with Crippen LogP contribution in [0, 0.1) is 6.92 Å². The lowest BCUT2D eigenvalue weighted by atomic mass is 9.93. The number of furan rings is 1. The zero-order chi connectivity index (χ0) is 30.9. The van der Waals surface area contributed by atoms with Gasteiger partial charge in [-0.05, 0) is 73.1 Å². The number of nitrogens with zero attached hydrogens (tertiary/aromatic N) is 2. The maximum absolute atomic E-state index is 14.0. The van der Waals surface area contributed by atoms with E-state index < -0.39 is 0 Å². The summed E-state index contributed by atoms with van der Waals surface area (Å²) in [6.07, 6.45) is 0.608. The minimum absolute atomic E-state index is 0.0942. The van der Waals surface area contributed by atoms with Crippen LogP contribution >= 0.6 is 0 Å². The molecule has 1 aliphatic heterocycles. The van der Waals surface area contributed by atoms with E-state index in [2.05, 4.69) is 45.1 Å². The third-order valence-electron chi connectivity index (χ3n) is 7.44. The Balaban J connectivity index is 1.58. The van der Waals surface area contributed by atoms with Crippen LogP contribution in [0.3, 0.4) is 0 Å². The van der Waals surface area contributed by atoms with Gasteiger partial charge >= 0.3 is 6.03 Å². The van der Waals surface area contributed by atoms with Crippen molar-refractivity contribution in [2.45, 2.75) is 72.9 Å². The van der Waals surface area contributed by atoms with Gasteiger partial charge in [-0.15, -0.1) is 0 Å². The Kier molecular flexibility index (Phi) is 11.1. The van der Waals surface area contributed by atoms with Gasteiger partial charge in [-0.3, -0.25) is 4.79 Å². The van der Waals surface area contributed by atoms with E-state index in [4.69, 9.17) is 18.6 Å². The molecule has 0 bridgehead atoms. The fourth-order valence-electron chi connectivity index (χ4n) is 5.15. The number of ether oxygens (including phenoxy) is 3. The van der Waals surface area contributed by atoms with Gasteiger partial charge in [0.2, 0.25) is 12.7 Å². The van der Waals surface area contributed by atoms with E-state index in [-0.39, 0.29) is 43.7 Å². The Hall–Kier alpha value is -3.98. The van der Waals surface area contributed by atoms with Crippen LogP contribution in [-0.4, -0.2) is 54.8 Å². The van der Waals surface area contributed by atoms with Crippen LogP contribution in [0.4, 0.5) is 10.5 Å². The summed E-state index contributed by atoms with van der Waals surface area (Å²) in [6.45, 7) is 14.4. The molecule has 3 aromatic rings. The minimum atomic E-state index is -0.309. The number of aryl methyl sites for hydroxylation is 1. The molecule has 0 saturated heterocycles. The molecule has 0 radical (unpaired) electrons. The van der Waals surface area contributed by atoms with Gasteiger partial charge in [0.05, 0.1) is 6.54 Å². The summed E-state index contributed by atoms with van der Waals surface area (Å²) in [5.74, 6) is 3.02. The summed E-state index contributed by atoms with van der Waals surface area (Å²) < 4.78 is 22.4. The second kappa shape index (κ2) is 15.0. The first-order valence-electron chi connectivity index (χ1n) is 15.1. The van der Waals surface area contributed by atoms with E-state index in [9.17, 15) is 9.59 Å². The van der Waals surface area contributed by atoms with Crippen LogP contribution < -0.4 is 14.8 Å². The number of urea groups is 1. The first-order valence-corrected chi connectivity index (χ1v) is 15.1. The van der Waals surface area contributed by atoms with E-state index in [0.29, 0.717) is 50.0 Å². The van der Waals surface area contributed by atoms with Gasteiger partial charge in [-0.2, -0.15) is 0 Å². The number of carbonyl (C=O) groups is 2. The van der Waals surface area contributed by atoms with Crippen LogP contribution in [0.1, 0.15) is 81.1 Å². The number of amides is 3. The number of hydrogen-bond donors (Lipinski definition) is 1. The predicted octanol–water partition coefficient (Wildman–Crippen LogP) is 7.05. The van der Waals surface area contributed by atoms with Gasteiger partial charge in [0.25, 0.3) is 0 Å². The van der Waals surface area contributed by atoms with Crippen LogP contribution in [-0.2, 0) is 22.6 Å². The molecule has 0 spiro atoms. The van der Waals surface area contributed by atoms with E-state index in [0.717, 1.165) is 28.1 Å². The molecule has 1 N–H and O–H groups in total. The summed E-state index contributed by atoms with van der Waals surface area (Å²) in [6, 6.07) is 15.2. The van der Waals surface area contributed by atoms with Gasteiger partial charge in [0.15, 0.2) is 11.5 Å². The lowest BCUT2D eigenvalue weighted by Gasteiger charge is -2.29. The smallest absolute Gasteiger partial charge is 0.322 e. The molecule has 1 aliphatic rings. The summed E-state index contributed by atoms with van der Waals surface area (Å²) in [7, 11) is 0. The van der Waals surface area contributed by atoms with Crippen molar-refractivity contribution >= 4 is 17.6 Å². The Bertz CT molecular complexity index is 1360. The summed E-state index contributed by atoms with van der Waals surface area (Å²) in [5.41, 5.74) is 3.85. The first-order chi connectivity index (χ1) is 20.7. The predicted molar refractivity (Wildman–Crippen MR) is 167 cm³/mol. The zero-order valence-electron chi connectivity index (χ0n) is 26.3. The Labute approximate surface area is 255 Å². The molecular weight excluding hydrogens is 546 g/mol. The number of hydrogen-bond acceptors (Lipinski definition) is 6. The largest absolute Gasteiger partial charge is 0.464 e. The minimum Gasteiger partial charge on any atom is -0.464 e. The second-order valence-electron chi connectivity index (χ2n) is 11.5. The molecule has 2 aromatic carbocycles. The molecule has 0 saturated carbocycles. The molecule has 9 heteroatoms. The lowest BCUT2D eigenvalue weighted by Crippen LogP contribution is -2.45. The number of nitrogens with one attached hydrogen (secondary N) is 1. The van der Waals surface area contributed by atoms with Crippen LogP contribution in [0.5, 0.6) is 11.5 Å². The highest BCUT2D eigenvalue weighted by molar-refractivity contribution is 5.94. The number of fused-ring (bicyclic) bond motifs is 1. The van der Waals surface area contributed by atoms with Gasteiger partial charge in [0.1, 0.15) is 18.1 Å². The molecule has 4 rings (SSSR count). The summed E-state index contributed by atoms with van der Waals surface area (Å²) >= 11 is 0. The molecule has 43 heavy (non-hydrogen) atoms. The van der Waals surface area contributed by atoms with Crippen LogP contribution in [0.25, 0.3) is 0 Å². The molecule has 9 nitrogen and oxygen atoms in total. The van der Waals surface area contributed by atoms with Gasteiger partial charge in [-0.1, -0.05) is 52.0 Å². The van der Waals surface area contributed by atoms with Crippen molar-refractivity contribution in [3.8, 4) is 11.5 Å². The van der Waals surface area contributed by atoms with Crippen molar-refractivity contribution in [2.24, 2.45) is 0 Å². The molecule has 2 heterocycles. The highest BCUT2D eigenvalue weighted by atomic mass is 16.7. The fraction of sp³-hybridized carbons (Fsp3) is 0.471. The van der Waals surface area contributed by atoms with Crippen LogP contribution in [0.15, 0.2) is 52.9 Å². The van der Waals surface area contributed by atoms with E-state index in [1.54, 1.807) is 9.80 Å². The average Bonchev–Trinajstić information content (AvgIpc) is 3.62. The van der Waals surface area contributed by atoms with E-state index in [1.165, 1.54) is 0 Å². The average molecular weight is 592 g/mol. The van der Waals surface area contributed by atoms with Crippen molar-refractivity contribution in [3.63, 3.8) is 0 Å². The molecule has 0 fully saturated rings. The normalized spacial score (nSPS) is 12.2. The molecular formula is C34H45N3O6. The van der Waals surface area contributed by atoms with Gasteiger partial charge < -0.3 is 33.7 Å². The van der Waals surface area contributed by atoms with Crippen molar-refractivity contribution < 1.29 is 28.2 Å². The zero-order valence-corrected chi connectivity index (χ0v) is 26.3. The number of anilines is 1. The van der Waals surface area contributed by atoms with E-state index >= 15 is 0 Å². The molecule has 232 valence electrons. The third kappa shape index (κ3) is 8.54. The highest BCUT2D eigenvalue weighted by Crippen LogP contribution is 2.34. The number of carbonyl (C=O) groups excluding carboxylic acids is 2. The summed E-state index contributed by atoms with van der Waals surface area (Å²) in [4.78, 5) is 31.2.